The highest BCUT2D eigenvalue weighted by molar-refractivity contribution is 7.80. The standard InChI is InChI=1S/C16H17NOS.C13H15N3O2/c1-11-10-13(16(18)17(2)3)6-9-15(11)12-4-7-14(19)8-5-12;17-10-3-1-2-9(8-10)11-15-12(18)13(16-11)4-6-14-7-5-13/h4-10,19H,1-3H3;1-3,8,14,17H,4-7H2,(H,15,16,18). The van der Waals surface area contributed by atoms with Crippen LogP contribution in [-0.2, 0) is 4.79 Å². The van der Waals surface area contributed by atoms with Crippen LogP contribution in [0.15, 0.2) is 76.6 Å². The van der Waals surface area contributed by atoms with Gasteiger partial charge in [0.15, 0.2) is 0 Å². The van der Waals surface area contributed by atoms with E-state index >= 15 is 0 Å². The average Bonchev–Trinajstić information content (AvgIpc) is 3.20. The number of hydrogen-bond donors (Lipinski definition) is 4. The Balaban J connectivity index is 0.000000173. The topological polar surface area (TPSA) is 94.0 Å². The number of benzene rings is 3. The molecule has 192 valence electrons. The van der Waals surface area contributed by atoms with E-state index in [1.54, 1.807) is 37.2 Å². The molecular formula is C29H32N4O3S. The molecule has 1 fully saturated rings. The highest BCUT2D eigenvalue weighted by Crippen LogP contribution is 2.29. The minimum Gasteiger partial charge on any atom is -0.508 e. The van der Waals surface area contributed by atoms with Gasteiger partial charge in [-0.1, -0.05) is 30.3 Å². The van der Waals surface area contributed by atoms with Gasteiger partial charge in [-0.3, -0.25) is 14.6 Å². The predicted molar refractivity (Wildman–Crippen MR) is 150 cm³/mol. The van der Waals surface area contributed by atoms with Crippen molar-refractivity contribution in [3.8, 4) is 16.9 Å². The second kappa shape index (κ2) is 11.2. The van der Waals surface area contributed by atoms with Crippen LogP contribution < -0.4 is 10.6 Å². The zero-order valence-corrected chi connectivity index (χ0v) is 22.2. The summed E-state index contributed by atoms with van der Waals surface area (Å²) in [7, 11) is 3.52. The third kappa shape index (κ3) is 6.03. The summed E-state index contributed by atoms with van der Waals surface area (Å²) in [5, 5.41) is 15.5. The summed E-state index contributed by atoms with van der Waals surface area (Å²) < 4.78 is 0. The van der Waals surface area contributed by atoms with Crippen LogP contribution in [0.5, 0.6) is 5.75 Å². The highest BCUT2D eigenvalue weighted by atomic mass is 32.1. The van der Waals surface area contributed by atoms with Gasteiger partial charge in [-0.05, 0) is 85.9 Å². The average molecular weight is 517 g/mol. The fourth-order valence-electron chi connectivity index (χ4n) is 4.51. The van der Waals surface area contributed by atoms with E-state index in [-0.39, 0.29) is 17.6 Å². The summed E-state index contributed by atoms with van der Waals surface area (Å²) in [6, 6.07) is 20.6. The minimum atomic E-state index is -0.605. The zero-order chi connectivity index (χ0) is 26.6. The molecule has 3 aromatic rings. The van der Waals surface area contributed by atoms with E-state index < -0.39 is 5.54 Å². The van der Waals surface area contributed by atoms with Gasteiger partial charge < -0.3 is 20.6 Å². The summed E-state index contributed by atoms with van der Waals surface area (Å²) in [5.74, 6) is 0.746. The first-order valence-corrected chi connectivity index (χ1v) is 12.7. The molecule has 1 saturated heterocycles. The zero-order valence-electron chi connectivity index (χ0n) is 21.3. The van der Waals surface area contributed by atoms with Crippen molar-refractivity contribution in [2.24, 2.45) is 4.99 Å². The number of hydrogen-bond acceptors (Lipinski definition) is 6. The molecule has 7 nitrogen and oxygen atoms in total. The molecule has 2 amide bonds. The molecule has 0 atom stereocenters. The van der Waals surface area contributed by atoms with Gasteiger partial charge in [-0.25, -0.2) is 0 Å². The molecule has 2 aliphatic heterocycles. The van der Waals surface area contributed by atoms with Gasteiger partial charge in [0.2, 0.25) is 0 Å². The molecule has 0 radical (unpaired) electrons. The van der Waals surface area contributed by atoms with E-state index in [2.05, 4.69) is 28.3 Å². The number of nitrogens with zero attached hydrogens (tertiary/aromatic N) is 2. The summed E-state index contributed by atoms with van der Waals surface area (Å²) in [5.41, 5.74) is 4.24. The summed E-state index contributed by atoms with van der Waals surface area (Å²) in [4.78, 5) is 31.1. The lowest BCUT2D eigenvalue weighted by Gasteiger charge is -2.28. The van der Waals surface area contributed by atoms with Crippen LogP contribution in [0.3, 0.4) is 0 Å². The van der Waals surface area contributed by atoms with Crippen LogP contribution in [-0.4, -0.2) is 60.4 Å². The Kier molecular flexibility index (Phi) is 8.00. The van der Waals surface area contributed by atoms with Crippen LogP contribution in [0.2, 0.25) is 0 Å². The minimum absolute atomic E-state index is 0.0256. The molecule has 0 aliphatic carbocycles. The largest absolute Gasteiger partial charge is 0.508 e. The lowest BCUT2D eigenvalue weighted by atomic mass is 9.89. The van der Waals surface area contributed by atoms with E-state index in [1.165, 1.54) is 0 Å². The Morgan fingerprint density at radius 2 is 1.70 bits per heavy atom. The Labute approximate surface area is 223 Å². The van der Waals surface area contributed by atoms with Crippen molar-refractivity contribution in [2.75, 3.05) is 27.2 Å². The second-order valence-electron chi connectivity index (χ2n) is 9.52. The lowest BCUT2D eigenvalue weighted by Crippen LogP contribution is -2.47. The van der Waals surface area contributed by atoms with Crippen molar-refractivity contribution < 1.29 is 14.7 Å². The van der Waals surface area contributed by atoms with Crippen molar-refractivity contribution >= 4 is 30.3 Å². The quantitative estimate of drug-likeness (QED) is 0.395. The van der Waals surface area contributed by atoms with Gasteiger partial charge in [-0.15, -0.1) is 12.6 Å². The van der Waals surface area contributed by atoms with Crippen LogP contribution in [0.4, 0.5) is 0 Å². The number of nitrogens with one attached hydrogen (secondary N) is 2. The van der Waals surface area contributed by atoms with Crippen LogP contribution in [0.25, 0.3) is 11.1 Å². The molecule has 2 heterocycles. The molecular weight excluding hydrogens is 484 g/mol. The van der Waals surface area contributed by atoms with Crippen molar-refractivity contribution in [2.45, 2.75) is 30.2 Å². The summed E-state index contributed by atoms with van der Waals surface area (Å²) in [6.45, 7) is 3.64. The summed E-state index contributed by atoms with van der Waals surface area (Å²) in [6.07, 6.45) is 1.45. The number of thiol groups is 1. The Bertz CT molecular complexity index is 1330. The number of carbonyl (C=O) groups is 2. The van der Waals surface area contributed by atoms with Crippen molar-refractivity contribution in [1.82, 2.24) is 15.5 Å². The van der Waals surface area contributed by atoms with Crippen LogP contribution in [0, 0.1) is 6.92 Å². The fourth-order valence-corrected chi connectivity index (χ4v) is 4.65. The van der Waals surface area contributed by atoms with Gasteiger partial charge in [0, 0.05) is 30.1 Å². The number of carbonyl (C=O) groups excluding carboxylic acids is 2. The van der Waals surface area contributed by atoms with E-state index in [0.29, 0.717) is 5.84 Å². The highest BCUT2D eigenvalue weighted by Gasteiger charge is 2.44. The maximum atomic E-state index is 12.1. The van der Waals surface area contributed by atoms with Crippen LogP contribution >= 0.6 is 12.6 Å². The number of aryl methyl sites for hydroxylation is 1. The van der Waals surface area contributed by atoms with E-state index in [0.717, 1.165) is 58.6 Å². The van der Waals surface area contributed by atoms with E-state index in [1.807, 2.05) is 55.5 Å². The van der Waals surface area contributed by atoms with Gasteiger partial charge in [-0.2, -0.15) is 0 Å². The number of phenols is 1. The smallest absolute Gasteiger partial charge is 0.253 e. The maximum absolute atomic E-state index is 12.1. The van der Waals surface area contributed by atoms with Crippen molar-refractivity contribution in [3.05, 3.63) is 83.4 Å². The second-order valence-corrected chi connectivity index (χ2v) is 10.0. The SMILES string of the molecule is Cc1cc(C(=O)N(C)C)ccc1-c1ccc(S)cc1.O=C1NC(c2cccc(O)c2)=NC12CCNCC2. The molecule has 0 aromatic heterocycles. The van der Waals surface area contributed by atoms with Gasteiger partial charge in [0.05, 0.1) is 0 Å². The number of amidine groups is 1. The molecule has 1 spiro atoms. The molecule has 37 heavy (non-hydrogen) atoms. The third-order valence-electron chi connectivity index (χ3n) is 6.59. The van der Waals surface area contributed by atoms with E-state index in [9.17, 15) is 14.7 Å². The number of rotatable bonds is 3. The molecule has 0 unspecified atom stereocenters. The molecule has 3 aromatic carbocycles. The molecule has 0 bridgehead atoms. The molecule has 3 N–H and O–H groups in total. The number of aliphatic imine (C=N–C) groups is 1. The number of phenolic OH excluding ortho intramolecular Hbond substituents is 1. The van der Waals surface area contributed by atoms with Crippen molar-refractivity contribution in [3.63, 3.8) is 0 Å². The van der Waals surface area contributed by atoms with E-state index in [4.69, 9.17) is 0 Å². The number of amides is 2. The van der Waals surface area contributed by atoms with Gasteiger partial charge in [0.25, 0.3) is 11.8 Å². The number of aromatic hydroxyl groups is 1. The third-order valence-corrected chi connectivity index (χ3v) is 6.89. The molecule has 2 aliphatic rings. The van der Waals surface area contributed by atoms with Crippen molar-refractivity contribution in [1.29, 1.82) is 0 Å². The Morgan fingerprint density at radius 1 is 1.00 bits per heavy atom. The molecule has 5 rings (SSSR count). The Morgan fingerprint density at radius 3 is 2.32 bits per heavy atom. The first kappa shape index (κ1) is 26.4. The first-order valence-electron chi connectivity index (χ1n) is 12.2. The number of piperidine rings is 1. The molecule has 0 saturated carbocycles. The normalized spacial score (nSPS) is 15.9. The van der Waals surface area contributed by atoms with Gasteiger partial charge in [0.1, 0.15) is 17.1 Å². The summed E-state index contributed by atoms with van der Waals surface area (Å²) >= 11 is 4.29. The predicted octanol–water partition coefficient (Wildman–Crippen LogP) is 4.04. The maximum Gasteiger partial charge on any atom is 0.253 e. The fraction of sp³-hybridized carbons (Fsp3) is 0.276. The Hall–Kier alpha value is -3.62. The van der Waals surface area contributed by atoms with Crippen LogP contribution in [0.1, 0.15) is 34.3 Å². The monoisotopic (exact) mass is 516 g/mol. The first-order chi connectivity index (χ1) is 17.7. The lowest BCUT2D eigenvalue weighted by molar-refractivity contribution is -0.124. The molecule has 8 heteroatoms. The van der Waals surface area contributed by atoms with Gasteiger partial charge >= 0.3 is 0 Å².